The fraction of sp³-hybridized carbons (Fsp3) is 0.611. The van der Waals surface area contributed by atoms with Gasteiger partial charge in [-0.25, -0.2) is 0 Å². The maximum atomic E-state index is 12.4. The zero-order valence-electron chi connectivity index (χ0n) is 14.7. The molecule has 1 aromatic heterocycles. The molecule has 2 aliphatic carbocycles. The van der Waals surface area contributed by atoms with Crippen LogP contribution >= 0.6 is 24.8 Å². The molecule has 3 rings (SSSR count). The number of pyridine rings is 1. The van der Waals surface area contributed by atoms with Crippen molar-refractivity contribution in [2.75, 3.05) is 13.1 Å². The first-order valence-electron chi connectivity index (χ1n) is 8.86. The molecular formula is C18H28Cl2N4O2. The molecule has 26 heavy (non-hydrogen) atoms. The summed E-state index contributed by atoms with van der Waals surface area (Å²) in [6.07, 6.45) is 8.53. The van der Waals surface area contributed by atoms with Gasteiger partial charge in [-0.2, -0.15) is 0 Å². The smallest absolute Gasteiger partial charge is 0.252 e. The second-order valence-corrected chi connectivity index (χ2v) is 6.99. The van der Waals surface area contributed by atoms with Crippen LogP contribution in [-0.2, 0) is 4.79 Å². The van der Waals surface area contributed by atoms with Gasteiger partial charge in [-0.1, -0.05) is 6.42 Å². The summed E-state index contributed by atoms with van der Waals surface area (Å²) >= 11 is 0. The number of hydrogen-bond acceptors (Lipinski definition) is 4. The Balaban J connectivity index is 0.00000169. The third-order valence-corrected chi connectivity index (χ3v) is 5.42. The van der Waals surface area contributed by atoms with E-state index in [4.69, 9.17) is 5.73 Å². The lowest BCUT2D eigenvalue weighted by Crippen LogP contribution is -2.49. The molecule has 146 valence electrons. The van der Waals surface area contributed by atoms with Crippen molar-refractivity contribution in [1.29, 1.82) is 0 Å². The minimum atomic E-state index is -0.171. The van der Waals surface area contributed by atoms with E-state index in [1.54, 1.807) is 18.3 Å². The molecule has 2 bridgehead atoms. The Labute approximate surface area is 166 Å². The average molecular weight is 403 g/mol. The van der Waals surface area contributed by atoms with Crippen LogP contribution in [0.5, 0.6) is 0 Å². The number of halogens is 2. The molecule has 6 nitrogen and oxygen atoms in total. The number of fused-ring (bicyclic) bond motifs is 2. The first-order chi connectivity index (χ1) is 11.6. The normalized spacial score (nSPS) is 26.7. The molecule has 2 unspecified atom stereocenters. The van der Waals surface area contributed by atoms with Crippen LogP contribution in [0.1, 0.15) is 42.5 Å². The lowest BCUT2D eigenvalue weighted by atomic mass is 9.65. The topological polar surface area (TPSA) is 97.1 Å². The average Bonchev–Trinajstić information content (AvgIpc) is 2.59. The van der Waals surface area contributed by atoms with Gasteiger partial charge in [0.05, 0.1) is 5.56 Å². The Morgan fingerprint density at radius 2 is 1.77 bits per heavy atom. The van der Waals surface area contributed by atoms with Gasteiger partial charge >= 0.3 is 0 Å². The van der Waals surface area contributed by atoms with Crippen LogP contribution in [0.2, 0.25) is 0 Å². The van der Waals surface area contributed by atoms with Crippen molar-refractivity contribution >= 4 is 36.6 Å². The van der Waals surface area contributed by atoms with Crippen LogP contribution in [0.25, 0.3) is 0 Å². The van der Waals surface area contributed by atoms with Crippen LogP contribution in [0.15, 0.2) is 24.5 Å². The highest BCUT2D eigenvalue weighted by molar-refractivity contribution is 5.93. The van der Waals surface area contributed by atoms with E-state index in [2.05, 4.69) is 15.6 Å². The van der Waals surface area contributed by atoms with Crippen LogP contribution < -0.4 is 16.4 Å². The van der Waals surface area contributed by atoms with Gasteiger partial charge in [0.15, 0.2) is 0 Å². The van der Waals surface area contributed by atoms with Crippen molar-refractivity contribution in [2.45, 2.75) is 38.1 Å². The Morgan fingerprint density at radius 1 is 1.12 bits per heavy atom. The lowest BCUT2D eigenvalue weighted by Gasteiger charge is -2.43. The van der Waals surface area contributed by atoms with Crippen molar-refractivity contribution in [1.82, 2.24) is 15.6 Å². The molecule has 2 fully saturated rings. The zero-order chi connectivity index (χ0) is 16.9. The Morgan fingerprint density at radius 3 is 2.38 bits per heavy atom. The molecular weight excluding hydrogens is 375 g/mol. The molecule has 0 aromatic carbocycles. The highest BCUT2D eigenvalue weighted by Gasteiger charge is 2.40. The third-order valence-electron chi connectivity index (χ3n) is 5.42. The Kier molecular flexibility index (Phi) is 9.33. The molecule has 1 aromatic rings. The summed E-state index contributed by atoms with van der Waals surface area (Å²) in [6, 6.07) is 3.72. The second kappa shape index (κ2) is 10.7. The van der Waals surface area contributed by atoms with E-state index >= 15 is 0 Å². The van der Waals surface area contributed by atoms with Gasteiger partial charge in [0.25, 0.3) is 5.91 Å². The van der Waals surface area contributed by atoms with Gasteiger partial charge in [0.2, 0.25) is 5.91 Å². The summed E-state index contributed by atoms with van der Waals surface area (Å²) in [6.45, 7) is 0.862. The van der Waals surface area contributed by atoms with E-state index in [1.807, 2.05) is 0 Å². The molecule has 0 aliphatic heterocycles. The number of nitrogens with two attached hydrogens (primary N) is 1. The Bertz CT molecular complexity index is 574. The van der Waals surface area contributed by atoms with Gasteiger partial charge in [-0.3, -0.25) is 14.6 Å². The summed E-state index contributed by atoms with van der Waals surface area (Å²) < 4.78 is 0. The molecule has 1 heterocycles. The first kappa shape index (κ1) is 22.7. The second-order valence-electron chi connectivity index (χ2n) is 6.99. The molecule has 2 amide bonds. The number of amides is 2. The van der Waals surface area contributed by atoms with Crippen LogP contribution in [0, 0.1) is 17.8 Å². The van der Waals surface area contributed by atoms with Gasteiger partial charge in [0, 0.05) is 37.4 Å². The van der Waals surface area contributed by atoms with Gasteiger partial charge in [0.1, 0.15) is 0 Å². The third kappa shape index (κ3) is 5.56. The van der Waals surface area contributed by atoms with E-state index in [0.717, 1.165) is 25.7 Å². The fourth-order valence-electron chi connectivity index (χ4n) is 4.11. The van der Waals surface area contributed by atoms with Crippen LogP contribution in [-0.4, -0.2) is 35.9 Å². The molecule has 0 spiro atoms. The number of carbonyl (C=O) groups excluding carboxylic acids is 2. The summed E-state index contributed by atoms with van der Waals surface area (Å²) in [5, 5.41) is 5.74. The first-order valence-corrected chi connectivity index (χ1v) is 8.86. The van der Waals surface area contributed by atoms with Crippen molar-refractivity contribution in [3.63, 3.8) is 0 Å². The molecule has 2 aliphatic rings. The summed E-state index contributed by atoms with van der Waals surface area (Å²) in [4.78, 5) is 28.2. The van der Waals surface area contributed by atoms with Crippen molar-refractivity contribution in [3.05, 3.63) is 30.1 Å². The predicted octanol–water partition coefficient (Wildman–Crippen LogP) is 1.92. The number of rotatable bonds is 5. The summed E-state index contributed by atoms with van der Waals surface area (Å²) in [5.74, 6) is 1.01. The van der Waals surface area contributed by atoms with E-state index in [9.17, 15) is 9.59 Å². The molecule has 8 heteroatoms. The maximum absolute atomic E-state index is 12.4. The van der Waals surface area contributed by atoms with E-state index in [0.29, 0.717) is 30.5 Å². The quantitative estimate of drug-likeness (QED) is 0.655. The summed E-state index contributed by atoms with van der Waals surface area (Å²) in [7, 11) is 0. The number of hydrogen-bond donors (Lipinski definition) is 3. The van der Waals surface area contributed by atoms with Crippen LogP contribution in [0.3, 0.4) is 0 Å². The molecule has 2 atom stereocenters. The summed E-state index contributed by atoms with van der Waals surface area (Å²) in [5.41, 5.74) is 6.80. The van der Waals surface area contributed by atoms with E-state index in [1.165, 1.54) is 12.6 Å². The molecule has 2 saturated carbocycles. The molecule has 4 N–H and O–H groups in total. The molecule has 0 saturated heterocycles. The fourth-order valence-corrected chi connectivity index (χ4v) is 4.11. The molecule has 0 radical (unpaired) electrons. The van der Waals surface area contributed by atoms with Crippen LogP contribution in [0.4, 0.5) is 0 Å². The Hall–Kier alpha value is -1.37. The van der Waals surface area contributed by atoms with Crippen molar-refractivity contribution in [2.24, 2.45) is 23.5 Å². The monoisotopic (exact) mass is 402 g/mol. The largest absolute Gasteiger partial charge is 0.354 e. The number of nitrogens with one attached hydrogen (secondary N) is 2. The number of aromatic nitrogens is 1. The SMILES string of the molecule is Cl.Cl.NC1C2CCCC1CC(C(=O)NCCNC(=O)c1cccnc1)C2. The van der Waals surface area contributed by atoms with Crippen molar-refractivity contribution in [3.8, 4) is 0 Å². The van der Waals surface area contributed by atoms with E-state index in [-0.39, 0.29) is 48.6 Å². The number of carbonyl (C=O) groups is 2. The van der Waals surface area contributed by atoms with Gasteiger partial charge in [-0.15, -0.1) is 24.8 Å². The highest BCUT2D eigenvalue weighted by atomic mass is 35.5. The standard InChI is InChI=1S/C18H26N4O2.2ClH/c19-16-12-3-1-4-13(16)10-15(9-12)18(24)22-8-7-21-17(23)14-5-2-6-20-11-14;;/h2,5-6,11-13,15-16H,1,3-4,7-10,19H2,(H,21,23)(H,22,24);2*1H. The number of nitrogens with zero attached hydrogens (tertiary/aromatic N) is 1. The predicted molar refractivity (Wildman–Crippen MR) is 106 cm³/mol. The lowest BCUT2D eigenvalue weighted by molar-refractivity contribution is -0.127. The highest BCUT2D eigenvalue weighted by Crippen LogP contribution is 2.41. The van der Waals surface area contributed by atoms with Gasteiger partial charge < -0.3 is 16.4 Å². The van der Waals surface area contributed by atoms with Gasteiger partial charge in [-0.05, 0) is 49.7 Å². The van der Waals surface area contributed by atoms with E-state index < -0.39 is 0 Å². The minimum Gasteiger partial charge on any atom is -0.354 e. The minimum absolute atomic E-state index is 0. The maximum Gasteiger partial charge on any atom is 0.252 e. The van der Waals surface area contributed by atoms with Crippen molar-refractivity contribution < 1.29 is 9.59 Å². The zero-order valence-corrected chi connectivity index (χ0v) is 16.4.